The minimum atomic E-state index is -0.280. The summed E-state index contributed by atoms with van der Waals surface area (Å²) in [7, 11) is 0. The van der Waals surface area contributed by atoms with Crippen LogP contribution in [0.15, 0.2) is 23.1 Å². The van der Waals surface area contributed by atoms with Crippen LogP contribution in [0, 0.1) is 12.8 Å². The van der Waals surface area contributed by atoms with Crippen molar-refractivity contribution in [2.75, 3.05) is 6.54 Å². The molecule has 1 rings (SSSR count). The third-order valence-electron chi connectivity index (χ3n) is 3.18. The summed E-state index contributed by atoms with van der Waals surface area (Å²) < 4.78 is 0. The Kier molecular flexibility index (Phi) is 6.90. The minimum Gasteiger partial charge on any atom is -0.392 e. The molecule has 1 aromatic carbocycles. The number of benzene rings is 1. The molecule has 108 valence electrons. The van der Waals surface area contributed by atoms with Gasteiger partial charge < -0.3 is 10.4 Å². The zero-order valence-corrected chi connectivity index (χ0v) is 13.6. The van der Waals surface area contributed by atoms with Gasteiger partial charge in [-0.3, -0.25) is 0 Å². The Bertz CT molecular complexity index is 390. The molecule has 0 amide bonds. The largest absolute Gasteiger partial charge is 0.392 e. The molecule has 0 spiro atoms. The molecule has 2 atom stereocenters. The van der Waals surface area contributed by atoms with Crippen LogP contribution in [0.3, 0.4) is 0 Å². The van der Waals surface area contributed by atoms with Crippen molar-refractivity contribution in [3.05, 3.63) is 29.3 Å². The first-order chi connectivity index (χ1) is 8.90. The fourth-order valence-electron chi connectivity index (χ4n) is 1.75. The molecule has 1 aromatic rings. The summed E-state index contributed by atoms with van der Waals surface area (Å²) >= 11 is 1.73. The van der Waals surface area contributed by atoms with Gasteiger partial charge >= 0.3 is 0 Å². The maximum Gasteiger partial charge on any atom is 0.0631 e. The number of aryl methyl sites for hydroxylation is 1. The van der Waals surface area contributed by atoms with E-state index in [1.54, 1.807) is 11.8 Å². The highest BCUT2D eigenvalue weighted by Crippen LogP contribution is 2.27. The highest BCUT2D eigenvalue weighted by Gasteiger charge is 2.11. The lowest BCUT2D eigenvalue weighted by atomic mass is 10.1. The zero-order valence-electron chi connectivity index (χ0n) is 12.7. The second-order valence-electron chi connectivity index (χ2n) is 5.68. The smallest absolute Gasteiger partial charge is 0.0631 e. The summed E-state index contributed by atoms with van der Waals surface area (Å²) in [5.74, 6) is 0.682. The molecular formula is C16H27NOS. The van der Waals surface area contributed by atoms with E-state index < -0.39 is 0 Å². The van der Waals surface area contributed by atoms with Crippen LogP contribution >= 0.6 is 11.8 Å². The normalized spacial score (nSPS) is 14.7. The second-order valence-corrected chi connectivity index (χ2v) is 7.13. The molecule has 19 heavy (non-hydrogen) atoms. The maximum atomic E-state index is 9.54. The van der Waals surface area contributed by atoms with Gasteiger partial charge in [0.05, 0.1) is 6.10 Å². The summed E-state index contributed by atoms with van der Waals surface area (Å²) in [6.45, 7) is 12.5. The molecule has 2 unspecified atom stereocenters. The monoisotopic (exact) mass is 281 g/mol. The zero-order chi connectivity index (χ0) is 14.4. The average Bonchev–Trinajstić information content (AvgIpc) is 2.31. The van der Waals surface area contributed by atoms with Gasteiger partial charge in [0, 0.05) is 16.7 Å². The van der Waals surface area contributed by atoms with Crippen molar-refractivity contribution >= 4 is 11.8 Å². The SMILES string of the molecule is Cc1cc(SC(C)C(C)O)ccc1CNCC(C)C. The van der Waals surface area contributed by atoms with Crippen molar-refractivity contribution in [3.63, 3.8) is 0 Å². The summed E-state index contributed by atoms with van der Waals surface area (Å²) in [6, 6.07) is 6.57. The standard InChI is InChI=1S/C16H27NOS/c1-11(2)9-17-10-15-6-7-16(8-12(15)3)19-14(5)13(4)18/h6-8,11,13-14,17-18H,9-10H2,1-5H3. The summed E-state index contributed by atoms with van der Waals surface area (Å²) in [5, 5.41) is 13.2. The van der Waals surface area contributed by atoms with Gasteiger partial charge in [-0.2, -0.15) is 0 Å². The molecule has 0 aliphatic rings. The first kappa shape index (κ1) is 16.5. The molecule has 0 aliphatic carbocycles. The Morgan fingerprint density at radius 1 is 1.21 bits per heavy atom. The first-order valence-corrected chi connectivity index (χ1v) is 7.93. The Hall–Kier alpha value is -0.510. The van der Waals surface area contributed by atoms with Crippen LogP contribution in [0.5, 0.6) is 0 Å². The fourth-order valence-corrected chi connectivity index (χ4v) is 2.77. The van der Waals surface area contributed by atoms with Crippen molar-refractivity contribution in [1.29, 1.82) is 0 Å². The number of aliphatic hydroxyl groups is 1. The lowest BCUT2D eigenvalue weighted by Crippen LogP contribution is -2.19. The van der Waals surface area contributed by atoms with Crippen LogP contribution in [0.2, 0.25) is 0 Å². The summed E-state index contributed by atoms with van der Waals surface area (Å²) in [4.78, 5) is 1.23. The molecule has 0 bridgehead atoms. The highest BCUT2D eigenvalue weighted by atomic mass is 32.2. The van der Waals surface area contributed by atoms with Gasteiger partial charge in [-0.25, -0.2) is 0 Å². The van der Waals surface area contributed by atoms with E-state index in [4.69, 9.17) is 0 Å². The van der Waals surface area contributed by atoms with Gasteiger partial charge in [0.25, 0.3) is 0 Å². The third kappa shape index (κ3) is 5.98. The maximum absolute atomic E-state index is 9.54. The lowest BCUT2D eigenvalue weighted by molar-refractivity contribution is 0.196. The van der Waals surface area contributed by atoms with Crippen LogP contribution in [0.4, 0.5) is 0 Å². The molecular weight excluding hydrogens is 254 g/mol. The van der Waals surface area contributed by atoms with Gasteiger partial charge in [0.15, 0.2) is 0 Å². The molecule has 2 nitrogen and oxygen atoms in total. The van der Waals surface area contributed by atoms with Crippen LogP contribution in [-0.4, -0.2) is 23.0 Å². The molecule has 0 fully saturated rings. The number of hydrogen-bond acceptors (Lipinski definition) is 3. The van der Waals surface area contributed by atoms with Crippen molar-refractivity contribution in [1.82, 2.24) is 5.32 Å². The van der Waals surface area contributed by atoms with Crippen LogP contribution in [0.25, 0.3) is 0 Å². The molecule has 0 aliphatic heterocycles. The highest BCUT2D eigenvalue weighted by molar-refractivity contribution is 8.00. The van der Waals surface area contributed by atoms with E-state index in [9.17, 15) is 5.11 Å². The molecule has 0 radical (unpaired) electrons. The third-order valence-corrected chi connectivity index (χ3v) is 4.48. The van der Waals surface area contributed by atoms with E-state index in [1.807, 2.05) is 6.92 Å². The van der Waals surface area contributed by atoms with Crippen molar-refractivity contribution in [2.24, 2.45) is 5.92 Å². The second kappa shape index (κ2) is 7.93. The van der Waals surface area contributed by atoms with Gasteiger partial charge in [-0.15, -0.1) is 11.8 Å². The number of hydrogen-bond donors (Lipinski definition) is 2. The van der Waals surface area contributed by atoms with Crippen molar-refractivity contribution in [2.45, 2.75) is 57.4 Å². The lowest BCUT2D eigenvalue weighted by Gasteiger charge is -2.15. The topological polar surface area (TPSA) is 32.3 Å². The fraction of sp³-hybridized carbons (Fsp3) is 0.625. The Balaban J connectivity index is 2.59. The molecule has 0 saturated heterocycles. The summed E-state index contributed by atoms with van der Waals surface area (Å²) in [6.07, 6.45) is -0.280. The van der Waals surface area contributed by atoms with Gasteiger partial charge in [0.2, 0.25) is 0 Å². The van der Waals surface area contributed by atoms with E-state index in [1.165, 1.54) is 16.0 Å². The predicted molar refractivity (Wildman–Crippen MR) is 84.7 cm³/mol. The van der Waals surface area contributed by atoms with Crippen LogP contribution < -0.4 is 5.32 Å². The molecule has 0 aromatic heterocycles. The number of aliphatic hydroxyl groups excluding tert-OH is 1. The Morgan fingerprint density at radius 2 is 1.89 bits per heavy atom. The van der Waals surface area contributed by atoms with Gasteiger partial charge in [-0.1, -0.05) is 26.8 Å². The van der Waals surface area contributed by atoms with Crippen LogP contribution in [0.1, 0.15) is 38.8 Å². The number of nitrogens with one attached hydrogen (secondary N) is 1. The van der Waals surface area contributed by atoms with Gasteiger partial charge in [0.1, 0.15) is 0 Å². The number of rotatable bonds is 7. The first-order valence-electron chi connectivity index (χ1n) is 7.05. The van der Waals surface area contributed by atoms with Crippen molar-refractivity contribution < 1.29 is 5.11 Å². The number of thioether (sulfide) groups is 1. The van der Waals surface area contributed by atoms with Crippen molar-refractivity contribution in [3.8, 4) is 0 Å². The van der Waals surface area contributed by atoms with E-state index in [2.05, 4.69) is 51.2 Å². The van der Waals surface area contributed by atoms with E-state index >= 15 is 0 Å². The van der Waals surface area contributed by atoms with Gasteiger partial charge in [-0.05, 0) is 49.6 Å². The summed E-state index contributed by atoms with van der Waals surface area (Å²) in [5.41, 5.74) is 2.67. The quantitative estimate of drug-likeness (QED) is 0.749. The predicted octanol–water partition coefficient (Wildman–Crippen LogP) is 3.60. The van der Waals surface area contributed by atoms with E-state index in [-0.39, 0.29) is 11.4 Å². The van der Waals surface area contributed by atoms with Crippen LogP contribution in [-0.2, 0) is 6.54 Å². The molecule has 3 heteroatoms. The Morgan fingerprint density at radius 3 is 2.42 bits per heavy atom. The molecule has 0 saturated carbocycles. The molecule has 0 heterocycles. The van der Waals surface area contributed by atoms with E-state index in [0.717, 1.165) is 13.1 Å². The average molecular weight is 281 g/mol. The minimum absolute atomic E-state index is 0.226. The molecule has 2 N–H and O–H groups in total. The van der Waals surface area contributed by atoms with E-state index in [0.29, 0.717) is 5.92 Å². The Labute approximate surface area is 122 Å².